The highest BCUT2D eigenvalue weighted by molar-refractivity contribution is 5.81. The van der Waals surface area contributed by atoms with Gasteiger partial charge < -0.3 is 19.8 Å². The fourth-order valence-corrected chi connectivity index (χ4v) is 2.94. The van der Waals surface area contributed by atoms with Gasteiger partial charge in [0.2, 0.25) is 0 Å². The molecule has 8 nitrogen and oxygen atoms in total. The molecule has 0 aromatic carbocycles. The molecule has 8 heteroatoms. The van der Waals surface area contributed by atoms with Crippen molar-refractivity contribution >= 4 is 17.0 Å². The Morgan fingerprint density at radius 2 is 2.10 bits per heavy atom. The van der Waals surface area contributed by atoms with E-state index >= 15 is 0 Å². The van der Waals surface area contributed by atoms with Crippen LogP contribution in [0.3, 0.4) is 0 Å². The van der Waals surface area contributed by atoms with Gasteiger partial charge in [-0.2, -0.15) is 5.26 Å². The Bertz CT molecular complexity index is 708. The van der Waals surface area contributed by atoms with E-state index in [-0.39, 0.29) is 24.2 Å². The van der Waals surface area contributed by atoms with Gasteiger partial charge in [-0.25, -0.2) is 15.0 Å². The minimum absolute atomic E-state index is 0.0438. The molecule has 2 saturated heterocycles. The Balaban J connectivity index is 1.75. The summed E-state index contributed by atoms with van der Waals surface area (Å²) in [6.07, 6.45) is 2.76. The normalized spacial score (nSPS) is 32.4. The van der Waals surface area contributed by atoms with E-state index in [0.717, 1.165) is 0 Å². The van der Waals surface area contributed by atoms with Crippen LogP contribution in [0.15, 0.2) is 12.7 Å². The van der Waals surface area contributed by atoms with Crippen LogP contribution in [0.2, 0.25) is 0 Å². The summed E-state index contributed by atoms with van der Waals surface area (Å²) in [5.74, 6) is 0.144. The summed E-state index contributed by atoms with van der Waals surface area (Å²) in [5.41, 5.74) is 7.02. The highest BCUT2D eigenvalue weighted by atomic mass is 16.6. The number of nitrogen functional groups attached to an aromatic ring is 1. The van der Waals surface area contributed by atoms with Gasteiger partial charge in [-0.15, -0.1) is 0 Å². The number of aromatic nitrogens is 4. The van der Waals surface area contributed by atoms with Crippen molar-refractivity contribution in [1.29, 1.82) is 5.26 Å². The monoisotopic (exact) mass is 272 g/mol. The number of nitriles is 1. The predicted octanol–water partition coefficient (Wildman–Crippen LogP) is -0.113. The molecule has 2 N–H and O–H groups in total. The molecule has 0 bridgehead atoms. The van der Waals surface area contributed by atoms with E-state index < -0.39 is 0 Å². The molecule has 2 fully saturated rings. The Morgan fingerprint density at radius 3 is 2.95 bits per heavy atom. The van der Waals surface area contributed by atoms with E-state index in [1.165, 1.54) is 6.33 Å². The highest BCUT2D eigenvalue weighted by Gasteiger charge is 2.48. The van der Waals surface area contributed by atoms with Gasteiger partial charge in [-0.1, -0.05) is 0 Å². The number of anilines is 1. The molecule has 2 unspecified atom stereocenters. The van der Waals surface area contributed by atoms with Gasteiger partial charge in [0.15, 0.2) is 11.5 Å². The van der Waals surface area contributed by atoms with Crippen LogP contribution in [0.25, 0.3) is 11.2 Å². The summed E-state index contributed by atoms with van der Waals surface area (Å²) in [4.78, 5) is 12.4. The minimum Gasteiger partial charge on any atom is -0.382 e. The van der Waals surface area contributed by atoms with Crippen LogP contribution in [0.4, 0.5) is 5.82 Å². The molecular weight excluding hydrogens is 260 g/mol. The number of nitrogens with zero attached hydrogens (tertiary/aromatic N) is 5. The van der Waals surface area contributed by atoms with Gasteiger partial charge in [0.25, 0.3) is 0 Å². The molecule has 0 spiro atoms. The van der Waals surface area contributed by atoms with Gasteiger partial charge >= 0.3 is 0 Å². The lowest BCUT2D eigenvalue weighted by Gasteiger charge is -2.17. The molecule has 2 aromatic heterocycles. The number of hydrogen-bond acceptors (Lipinski definition) is 7. The Hall–Kier alpha value is -2.24. The summed E-state index contributed by atoms with van der Waals surface area (Å²) in [7, 11) is 0. The van der Waals surface area contributed by atoms with Crippen molar-refractivity contribution in [2.75, 3.05) is 18.9 Å². The van der Waals surface area contributed by atoms with E-state index in [2.05, 4.69) is 21.0 Å². The third kappa shape index (κ3) is 1.44. The summed E-state index contributed by atoms with van der Waals surface area (Å²) >= 11 is 0. The van der Waals surface area contributed by atoms with E-state index in [0.29, 0.717) is 30.2 Å². The van der Waals surface area contributed by atoms with E-state index in [1.807, 2.05) is 4.57 Å². The summed E-state index contributed by atoms with van der Waals surface area (Å²) in [6, 6.07) is 2.18. The summed E-state index contributed by atoms with van der Waals surface area (Å²) < 4.78 is 13.4. The molecule has 0 saturated carbocycles. The van der Waals surface area contributed by atoms with E-state index in [4.69, 9.17) is 20.5 Å². The maximum Gasteiger partial charge on any atom is 0.165 e. The number of hydrogen-bond donors (Lipinski definition) is 1. The van der Waals surface area contributed by atoms with Gasteiger partial charge in [0, 0.05) is 0 Å². The second kappa shape index (κ2) is 4.13. The second-order valence-corrected chi connectivity index (χ2v) is 4.98. The molecule has 2 aliphatic heterocycles. The van der Waals surface area contributed by atoms with Crippen molar-refractivity contribution in [3.8, 4) is 6.07 Å². The molecule has 4 heterocycles. The van der Waals surface area contributed by atoms with Gasteiger partial charge in [0.05, 0.1) is 37.6 Å². The van der Waals surface area contributed by atoms with Crippen LogP contribution in [0.1, 0.15) is 6.04 Å². The van der Waals surface area contributed by atoms with Crippen molar-refractivity contribution < 1.29 is 9.47 Å². The smallest absolute Gasteiger partial charge is 0.165 e. The first-order valence-electron chi connectivity index (χ1n) is 6.35. The first kappa shape index (κ1) is 11.6. The third-order valence-corrected chi connectivity index (χ3v) is 3.94. The van der Waals surface area contributed by atoms with Crippen LogP contribution in [-0.2, 0) is 9.47 Å². The predicted molar refractivity (Wildman–Crippen MR) is 67.4 cm³/mol. The molecule has 0 aliphatic carbocycles. The molecule has 0 amide bonds. The largest absolute Gasteiger partial charge is 0.382 e. The van der Waals surface area contributed by atoms with E-state index in [9.17, 15) is 0 Å². The van der Waals surface area contributed by atoms with Crippen molar-refractivity contribution in [2.45, 2.75) is 18.2 Å². The lowest BCUT2D eigenvalue weighted by Crippen LogP contribution is -2.27. The van der Waals surface area contributed by atoms with Crippen molar-refractivity contribution in [3.05, 3.63) is 12.7 Å². The lowest BCUT2D eigenvalue weighted by atomic mass is 10.0. The van der Waals surface area contributed by atoms with Crippen LogP contribution in [-0.4, -0.2) is 44.9 Å². The van der Waals surface area contributed by atoms with E-state index in [1.54, 1.807) is 6.33 Å². The molecular formula is C12H12N6O2. The Labute approximate surface area is 114 Å². The van der Waals surface area contributed by atoms with Gasteiger partial charge in [0.1, 0.15) is 24.1 Å². The third-order valence-electron chi connectivity index (χ3n) is 3.94. The zero-order valence-electron chi connectivity index (χ0n) is 10.5. The molecule has 2 aromatic rings. The fraction of sp³-hybridized carbons (Fsp3) is 0.500. The summed E-state index contributed by atoms with van der Waals surface area (Å²) in [5, 5.41) is 9.07. The summed E-state index contributed by atoms with van der Waals surface area (Å²) in [6.45, 7) is 0.884. The lowest BCUT2D eigenvalue weighted by molar-refractivity contribution is 0.0639. The van der Waals surface area contributed by atoms with Crippen LogP contribution < -0.4 is 5.73 Å². The van der Waals surface area contributed by atoms with Gasteiger partial charge in [-0.3, -0.25) is 0 Å². The highest BCUT2D eigenvalue weighted by Crippen LogP contribution is 2.38. The first-order valence-corrected chi connectivity index (χ1v) is 6.35. The zero-order chi connectivity index (χ0) is 13.7. The number of nitrogens with two attached hydrogens (primary N) is 1. The molecule has 4 rings (SSSR count). The fourth-order valence-electron chi connectivity index (χ4n) is 2.94. The number of rotatable bonds is 1. The topological polar surface area (TPSA) is 112 Å². The standard InChI is InChI=1S/C12H12N6O2/c13-1-6-2-19-10-7(3-20-9(6)10)18-5-17-8-11(14)15-4-16-12(8)18/h4-7,9-10H,2-3H2,(H2,14,15,16)/t6-,7?,9-,10?/m1/s1. The van der Waals surface area contributed by atoms with Crippen LogP contribution in [0, 0.1) is 17.2 Å². The Morgan fingerprint density at radius 1 is 1.25 bits per heavy atom. The minimum atomic E-state index is -0.209. The zero-order valence-corrected chi connectivity index (χ0v) is 10.5. The molecule has 102 valence electrons. The van der Waals surface area contributed by atoms with Crippen molar-refractivity contribution in [3.63, 3.8) is 0 Å². The molecule has 2 aliphatic rings. The maximum absolute atomic E-state index is 9.07. The number of imidazole rings is 1. The molecule has 20 heavy (non-hydrogen) atoms. The quantitative estimate of drug-likeness (QED) is 0.770. The molecule has 4 atom stereocenters. The average molecular weight is 272 g/mol. The number of fused-ring (bicyclic) bond motifs is 2. The van der Waals surface area contributed by atoms with Gasteiger partial charge in [-0.05, 0) is 0 Å². The molecule has 0 radical (unpaired) electrons. The SMILES string of the molecule is N#C[C@@H]1COC2C(n3cnc4c(N)ncnc43)CO[C@@H]21. The maximum atomic E-state index is 9.07. The van der Waals surface area contributed by atoms with Crippen molar-refractivity contribution in [1.82, 2.24) is 19.5 Å². The second-order valence-electron chi connectivity index (χ2n) is 4.98. The van der Waals surface area contributed by atoms with Crippen molar-refractivity contribution in [2.24, 2.45) is 5.92 Å². The van der Waals surface area contributed by atoms with Crippen LogP contribution >= 0.6 is 0 Å². The first-order chi connectivity index (χ1) is 9.79. The number of ether oxygens (including phenoxy) is 2. The van der Waals surface area contributed by atoms with Crippen LogP contribution in [0.5, 0.6) is 0 Å². The average Bonchev–Trinajstić information content (AvgIpc) is 3.11. The Kier molecular flexibility index (Phi) is 2.39.